The lowest BCUT2D eigenvalue weighted by Gasteiger charge is -2.23. The molecular weight excluding hydrogens is 330 g/mol. The predicted octanol–water partition coefficient (Wildman–Crippen LogP) is 3.07. The molecule has 0 aromatic carbocycles. The number of esters is 1. The predicted molar refractivity (Wildman–Crippen MR) is 102 cm³/mol. The third kappa shape index (κ3) is 8.05. The second-order valence-corrected chi connectivity index (χ2v) is 6.92. The molecule has 1 rings (SSSR count). The van der Waals surface area contributed by atoms with E-state index < -0.39 is 6.10 Å². The molecule has 0 bridgehead atoms. The van der Waals surface area contributed by atoms with Gasteiger partial charge in [0, 0.05) is 25.8 Å². The van der Waals surface area contributed by atoms with Crippen LogP contribution in [0.5, 0.6) is 0 Å². The standard InChI is InChI=1S/C21H33NO4/c1-4-5-10-17(2)19(23)14-12-18-13-15-20(24)22(18)16-9-7-6-8-11-21(25)26-3/h12,14,17-19,23H,6-11,13,15-16H2,1-3H3/b14-12+/t17-,18?,19-/m1/s1. The molecule has 1 aliphatic rings. The van der Waals surface area contributed by atoms with Crippen LogP contribution >= 0.6 is 0 Å². The molecule has 1 N–H and O–H groups in total. The molecule has 1 fully saturated rings. The van der Waals surface area contributed by atoms with Gasteiger partial charge in [0.2, 0.25) is 5.91 Å². The molecule has 1 saturated heterocycles. The van der Waals surface area contributed by atoms with Crippen LogP contribution in [0.2, 0.25) is 0 Å². The quantitative estimate of drug-likeness (QED) is 0.265. The van der Waals surface area contributed by atoms with Gasteiger partial charge in [0.05, 0.1) is 19.3 Å². The second kappa shape index (κ2) is 12.5. The number of methoxy groups -OCH3 is 1. The first-order chi connectivity index (χ1) is 12.5. The monoisotopic (exact) mass is 363 g/mol. The van der Waals surface area contributed by atoms with Gasteiger partial charge in [0.25, 0.3) is 0 Å². The van der Waals surface area contributed by atoms with E-state index in [-0.39, 0.29) is 23.8 Å². The van der Waals surface area contributed by atoms with Gasteiger partial charge in [0.15, 0.2) is 0 Å². The average Bonchev–Trinajstić information content (AvgIpc) is 2.99. The van der Waals surface area contributed by atoms with E-state index in [0.717, 1.165) is 38.6 Å². The van der Waals surface area contributed by atoms with Crippen LogP contribution in [0.15, 0.2) is 12.2 Å². The summed E-state index contributed by atoms with van der Waals surface area (Å²) in [5.74, 6) is 5.94. The first kappa shape index (κ1) is 22.2. The van der Waals surface area contributed by atoms with Crippen LogP contribution in [0.25, 0.3) is 0 Å². The fourth-order valence-electron chi connectivity index (χ4n) is 3.07. The van der Waals surface area contributed by atoms with E-state index in [1.54, 1.807) is 6.92 Å². The highest BCUT2D eigenvalue weighted by molar-refractivity contribution is 5.79. The van der Waals surface area contributed by atoms with Crippen LogP contribution in [0.4, 0.5) is 0 Å². The number of unbranched alkanes of at least 4 members (excludes halogenated alkanes) is 3. The molecule has 26 heavy (non-hydrogen) atoms. The third-order valence-electron chi connectivity index (χ3n) is 4.85. The first-order valence-corrected chi connectivity index (χ1v) is 9.61. The Kier molecular flexibility index (Phi) is 10.7. The van der Waals surface area contributed by atoms with E-state index in [0.29, 0.717) is 19.3 Å². The highest BCUT2D eigenvalue weighted by Crippen LogP contribution is 2.21. The maximum absolute atomic E-state index is 12.1. The van der Waals surface area contributed by atoms with Crippen molar-refractivity contribution >= 4 is 11.9 Å². The molecule has 0 spiro atoms. The number of hydrogen-bond donors (Lipinski definition) is 1. The molecule has 146 valence electrons. The highest BCUT2D eigenvalue weighted by Gasteiger charge is 2.28. The van der Waals surface area contributed by atoms with Crippen LogP contribution in [-0.4, -0.2) is 47.7 Å². The number of carbonyl (C=O) groups is 2. The van der Waals surface area contributed by atoms with E-state index in [2.05, 4.69) is 16.6 Å². The molecule has 0 saturated carbocycles. The van der Waals surface area contributed by atoms with Crippen molar-refractivity contribution in [2.45, 2.75) is 77.4 Å². The molecule has 5 heteroatoms. The zero-order chi connectivity index (χ0) is 19.4. The number of likely N-dealkylation sites (tertiary alicyclic amines) is 1. The summed E-state index contributed by atoms with van der Waals surface area (Å²) in [5.41, 5.74) is 0. The van der Waals surface area contributed by atoms with Crippen LogP contribution in [0, 0.1) is 17.8 Å². The van der Waals surface area contributed by atoms with Gasteiger partial charge in [-0.15, -0.1) is 11.8 Å². The number of aliphatic hydroxyl groups is 1. The Hall–Kier alpha value is -1.80. The molecule has 1 aliphatic heterocycles. The maximum atomic E-state index is 12.1. The van der Waals surface area contributed by atoms with Crippen LogP contribution in [-0.2, 0) is 14.3 Å². The molecular formula is C21H33NO4. The maximum Gasteiger partial charge on any atom is 0.305 e. The summed E-state index contributed by atoms with van der Waals surface area (Å²) in [6, 6.07) is 0.0803. The van der Waals surface area contributed by atoms with E-state index in [4.69, 9.17) is 0 Å². The highest BCUT2D eigenvalue weighted by atomic mass is 16.5. The lowest BCUT2D eigenvalue weighted by Crippen LogP contribution is -2.33. The molecule has 3 atom stereocenters. The van der Waals surface area contributed by atoms with Crippen molar-refractivity contribution in [2.24, 2.45) is 5.92 Å². The minimum atomic E-state index is -0.535. The summed E-state index contributed by atoms with van der Waals surface area (Å²) < 4.78 is 4.62. The molecule has 1 amide bonds. The van der Waals surface area contributed by atoms with Crippen molar-refractivity contribution in [1.29, 1.82) is 0 Å². The van der Waals surface area contributed by atoms with Crippen LogP contribution < -0.4 is 0 Å². The number of amides is 1. The normalized spacial score (nSPS) is 19.3. The summed E-state index contributed by atoms with van der Waals surface area (Å²) in [7, 11) is 1.41. The fraction of sp³-hybridized carbons (Fsp3) is 0.714. The van der Waals surface area contributed by atoms with Crippen molar-refractivity contribution in [3.05, 3.63) is 12.2 Å². The topological polar surface area (TPSA) is 66.8 Å². The Balaban J connectivity index is 2.36. The Bertz CT molecular complexity index is 532. The Morgan fingerprint density at radius 2 is 2.12 bits per heavy atom. The third-order valence-corrected chi connectivity index (χ3v) is 4.85. The van der Waals surface area contributed by atoms with E-state index in [1.807, 2.05) is 24.0 Å². The molecule has 1 unspecified atom stereocenters. The molecule has 5 nitrogen and oxygen atoms in total. The largest absolute Gasteiger partial charge is 0.469 e. The van der Waals surface area contributed by atoms with Gasteiger partial charge in [-0.05, 0) is 32.1 Å². The van der Waals surface area contributed by atoms with Crippen LogP contribution in [0.1, 0.15) is 65.2 Å². The van der Waals surface area contributed by atoms with Crippen molar-refractivity contribution < 1.29 is 19.4 Å². The Morgan fingerprint density at radius 1 is 1.38 bits per heavy atom. The summed E-state index contributed by atoms with van der Waals surface area (Å²) >= 11 is 0. The lowest BCUT2D eigenvalue weighted by atomic mass is 10.00. The van der Waals surface area contributed by atoms with E-state index >= 15 is 0 Å². The Labute approximate surface area is 157 Å². The fourth-order valence-corrected chi connectivity index (χ4v) is 3.07. The molecule has 0 aliphatic carbocycles. The first-order valence-electron chi connectivity index (χ1n) is 9.61. The summed E-state index contributed by atoms with van der Waals surface area (Å²) in [4.78, 5) is 25.1. The zero-order valence-corrected chi connectivity index (χ0v) is 16.4. The van der Waals surface area contributed by atoms with Gasteiger partial charge < -0.3 is 14.7 Å². The van der Waals surface area contributed by atoms with Gasteiger partial charge in [-0.1, -0.05) is 31.9 Å². The number of ether oxygens (including phenoxy) is 1. The van der Waals surface area contributed by atoms with E-state index in [1.165, 1.54) is 7.11 Å². The van der Waals surface area contributed by atoms with Crippen LogP contribution in [0.3, 0.4) is 0 Å². The number of nitrogens with zero attached hydrogens (tertiary/aromatic N) is 1. The van der Waals surface area contributed by atoms with Crippen molar-refractivity contribution in [1.82, 2.24) is 4.90 Å². The zero-order valence-electron chi connectivity index (χ0n) is 16.4. The SMILES string of the molecule is CC#CC[C@@H](C)[C@H](O)/C=C/C1CCC(=O)N1CCCCCCC(=O)OC. The van der Waals surface area contributed by atoms with Gasteiger partial charge in [-0.2, -0.15) is 0 Å². The number of aliphatic hydroxyl groups excluding tert-OH is 1. The molecule has 0 aromatic rings. The molecule has 0 aromatic heterocycles. The van der Waals surface area contributed by atoms with Crippen molar-refractivity contribution in [3.8, 4) is 11.8 Å². The van der Waals surface area contributed by atoms with Gasteiger partial charge in [0.1, 0.15) is 0 Å². The van der Waals surface area contributed by atoms with Crippen molar-refractivity contribution in [2.75, 3.05) is 13.7 Å². The lowest BCUT2D eigenvalue weighted by molar-refractivity contribution is -0.140. The van der Waals surface area contributed by atoms with E-state index in [9.17, 15) is 14.7 Å². The summed E-state index contributed by atoms with van der Waals surface area (Å²) in [5, 5.41) is 10.2. The smallest absolute Gasteiger partial charge is 0.305 e. The van der Waals surface area contributed by atoms with Gasteiger partial charge >= 0.3 is 5.97 Å². The molecule has 0 radical (unpaired) electrons. The summed E-state index contributed by atoms with van der Waals surface area (Å²) in [6.07, 6.45) is 9.49. The average molecular weight is 363 g/mol. The number of hydrogen-bond acceptors (Lipinski definition) is 4. The number of rotatable bonds is 11. The van der Waals surface area contributed by atoms with Gasteiger partial charge in [-0.3, -0.25) is 9.59 Å². The van der Waals surface area contributed by atoms with Crippen molar-refractivity contribution in [3.63, 3.8) is 0 Å². The second-order valence-electron chi connectivity index (χ2n) is 6.92. The molecule has 1 heterocycles. The minimum absolute atomic E-state index is 0.0803. The Morgan fingerprint density at radius 3 is 2.81 bits per heavy atom. The number of carbonyl (C=O) groups excluding carboxylic acids is 2. The van der Waals surface area contributed by atoms with Gasteiger partial charge in [-0.25, -0.2) is 0 Å². The minimum Gasteiger partial charge on any atom is -0.469 e. The summed E-state index contributed by atoms with van der Waals surface area (Å²) in [6.45, 7) is 4.51.